The monoisotopic (exact) mass is 334 g/mol. The Hall–Kier alpha value is -2.09. The summed E-state index contributed by atoms with van der Waals surface area (Å²) in [5, 5.41) is 16.2. The standard InChI is InChI=1S/C16H13FN4O2.Na/c1-8-5-10-11(20-8)3-4-13(14(10)17)23-16-15-9(2)12(22)6-21(15)19-7-18-16;/h3-7,20,22H,1-2H3;/q;+1/p-1. The van der Waals surface area contributed by atoms with Gasteiger partial charge in [0, 0.05) is 22.8 Å². The van der Waals surface area contributed by atoms with Crippen molar-refractivity contribution in [2.45, 2.75) is 13.8 Å². The Labute approximate surface area is 158 Å². The molecule has 116 valence electrons. The summed E-state index contributed by atoms with van der Waals surface area (Å²) in [6, 6.07) is 4.98. The summed E-state index contributed by atoms with van der Waals surface area (Å²) in [7, 11) is 0. The molecule has 0 atom stereocenters. The number of aromatic nitrogens is 4. The first-order valence-electron chi connectivity index (χ1n) is 7.00. The third-order valence-corrected chi connectivity index (χ3v) is 3.79. The second-order valence-electron chi connectivity index (χ2n) is 5.37. The number of rotatable bonds is 2. The number of ether oxygens (including phenoxy) is 1. The summed E-state index contributed by atoms with van der Waals surface area (Å²) in [6.45, 7) is 3.51. The Balaban J connectivity index is 0.00000169. The van der Waals surface area contributed by atoms with E-state index in [0.717, 1.165) is 5.69 Å². The fourth-order valence-electron chi connectivity index (χ4n) is 2.65. The number of aromatic amines is 1. The summed E-state index contributed by atoms with van der Waals surface area (Å²) in [5.74, 6) is -0.460. The van der Waals surface area contributed by atoms with Gasteiger partial charge in [-0.3, -0.25) is 0 Å². The maximum Gasteiger partial charge on any atom is 1.00 e. The SMILES string of the molecule is Cc1cc2c(F)c(Oc3ncnn4cc([O-])c(C)c34)ccc2[nH]1.[Na+]. The number of fused-ring (bicyclic) bond motifs is 2. The second-order valence-corrected chi connectivity index (χ2v) is 5.37. The number of benzene rings is 1. The normalized spacial score (nSPS) is 11.0. The molecule has 1 aromatic carbocycles. The fourth-order valence-corrected chi connectivity index (χ4v) is 2.65. The molecule has 24 heavy (non-hydrogen) atoms. The Kier molecular flexibility index (Phi) is 4.25. The molecule has 0 aliphatic rings. The number of aryl methyl sites for hydroxylation is 2. The molecule has 0 spiro atoms. The number of nitrogens with one attached hydrogen (secondary N) is 1. The van der Waals surface area contributed by atoms with E-state index < -0.39 is 5.82 Å². The van der Waals surface area contributed by atoms with E-state index >= 15 is 0 Å². The zero-order chi connectivity index (χ0) is 16.1. The van der Waals surface area contributed by atoms with Crippen LogP contribution in [0.3, 0.4) is 0 Å². The third-order valence-electron chi connectivity index (χ3n) is 3.79. The minimum Gasteiger partial charge on any atom is -0.871 e. The number of hydrogen-bond acceptors (Lipinski definition) is 4. The van der Waals surface area contributed by atoms with E-state index in [-0.39, 0.29) is 46.9 Å². The van der Waals surface area contributed by atoms with Gasteiger partial charge in [0.25, 0.3) is 0 Å². The molecule has 4 rings (SSSR count). The van der Waals surface area contributed by atoms with Crippen LogP contribution >= 0.6 is 0 Å². The zero-order valence-corrected chi connectivity index (χ0v) is 15.4. The Morgan fingerprint density at radius 3 is 2.88 bits per heavy atom. The van der Waals surface area contributed by atoms with Crippen LogP contribution in [0.5, 0.6) is 17.4 Å². The van der Waals surface area contributed by atoms with E-state index in [2.05, 4.69) is 15.1 Å². The van der Waals surface area contributed by atoms with Crippen LogP contribution in [0, 0.1) is 19.7 Å². The molecule has 0 aliphatic carbocycles. The van der Waals surface area contributed by atoms with Crippen molar-refractivity contribution in [3.63, 3.8) is 0 Å². The van der Waals surface area contributed by atoms with Crippen molar-refractivity contribution in [3.05, 3.63) is 47.8 Å². The van der Waals surface area contributed by atoms with Crippen molar-refractivity contribution in [2.75, 3.05) is 0 Å². The van der Waals surface area contributed by atoms with Crippen molar-refractivity contribution in [3.8, 4) is 17.4 Å². The van der Waals surface area contributed by atoms with Crippen LogP contribution in [0.2, 0.25) is 0 Å². The second kappa shape index (κ2) is 6.08. The molecule has 0 bridgehead atoms. The largest absolute Gasteiger partial charge is 1.00 e. The van der Waals surface area contributed by atoms with Crippen molar-refractivity contribution < 1.29 is 43.8 Å². The molecule has 3 aromatic heterocycles. The van der Waals surface area contributed by atoms with Crippen molar-refractivity contribution >= 4 is 16.4 Å². The molecule has 0 unspecified atom stereocenters. The minimum atomic E-state index is -0.477. The summed E-state index contributed by atoms with van der Waals surface area (Å²) in [5.41, 5.74) is 2.45. The Bertz CT molecular complexity index is 1060. The van der Waals surface area contributed by atoms with Crippen LogP contribution in [0.15, 0.2) is 30.7 Å². The first kappa shape index (κ1) is 16.8. The smallest absolute Gasteiger partial charge is 0.871 e. The van der Waals surface area contributed by atoms with E-state index in [1.165, 1.54) is 23.1 Å². The maximum absolute atomic E-state index is 14.6. The summed E-state index contributed by atoms with van der Waals surface area (Å²) in [4.78, 5) is 7.10. The summed E-state index contributed by atoms with van der Waals surface area (Å²) in [6.07, 6.45) is 2.60. The van der Waals surface area contributed by atoms with Crippen molar-refractivity contribution in [1.29, 1.82) is 0 Å². The maximum atomic E-state index is 14.6. The Morgan fingerprint density at radius 1 is 1.29 bits per heavy atom. The topological polar surface area (TPSA) is 78.3 Å². The number of halogens is 1. The van der Waals surface area contributed by atoms with Gasteiger partial charge in [0.15, 0.2) is 11.6 Å². The predicted octanol–water partition coefficient (Wildman–Crippen LogP) is -0.164. The van der Waals surface area contributed by atoms with E-state index in [1.807, 2.05) is 6.92 Å². The van der Waals surface area contributed by atoms with Crippen molar-refractivity contribution in [2.24, 2.45) is 0 Å². The Morgan fingerprint density at radius 2 is 2.08 bits per heavy atom. The van der Waals surface area contributed by atoms with Gasteiger partial charge in [0.1, 0.15) is 11.8 Å². The van der Waals surface area contributed by atoms with Gasteiger partial charge in [0.2, 0.25) is 5.88 Å². The number of nitrogens with zero attached hydrogens (tertiary/aromatic N) is 3. The fraction of sp³-hybridized carbons (Fsp3) is 0.125. The molecule has 4 aromatic rings. The summed E-state index contributed by atoms with van der Waals surface area (Å²) < 4.78 is 21.6. The van der Waals surface area contributed by atoms with Gasteiger partial charge < -0.3 is 14.8 Å². The average Bonchev–Trinajstić information content (AvgIpc) is 3.04. The quantitative estimate of drug-likeness (QED) is 0.517. The predicted molar refractivity (Wildman–Crippen MR) is 80.2 cm³/mol. The van der Waals surface area contributed by atoms with Crippen LogP contribution in [-0.4, -0.2) is 19.6 Å². The molecule has 8 heteroatoms. The van der Waals surface area contributed by atoms with E-state index in [9.17, 15) is 9.50 Å². The molecule has 0 saturated heterocycles. The zero-order valence-electron chi connectivity index (χ0n) is 13.4. The molecular formula is C16H12FN4NaO2. The van der Waals surface area contributed by atoms with Gasteiger partial charge in [-0.15, -0.1) is 0 Å². The van der Waals surface area contributed by atoms with Gasteiger partial charge in [-0.2, -0.15) is 10.1 Å². The molecule has 6 nitrogen and oxygen atoms in total. The molecule has 3 heterocycles. The molecule has 0 aliphatic heterocycles. The summed E-state index contributed by atoms with van der Waals surface area (Å²) >= 11 is 0. The van der Waals surface area contributed by atoms with Gasteiger partial charge in [-0.1, -0.05) is 5.75 Å². The van der Waals surface area contributed by atoms with Crippen LogP contribution in [0.4, 0.5) is 4.39 Å². The molecule has 0 saturated carbocycles. The molecular weight excluding hydrogens is 322 g/mol. The molecule has 0 amide bonds. The van der Waals surface area contributed by atoms with Gasteiger partial charge in [-0.25, -0.2) is 8.91 Å². The van der Waals surface area contributed by atoms with Crippen LogP contribution in [-0.2, 0) is 0 Å². The minimum absolute atomic E-state index is 0. The number of hydrogen-bond donors (Lipinski definition) is 1. The average molecular weight is 334 g/mol. The van der Waals surface area contributed by atoms with E-state index in [0.29, 0.717) is 22.0 Å². The first-order chi connectivity index (χ1) is 11.0. The van der Waals surface area contributed by atoms with Crippen LogP contribution < -0.4 is 39.4 Å². The molecule has 1 N–H and O–H groups in total. The van der Waals surface area contributed by atoms with Gasteiger partial charge in [0.05, 0.1) is 0 Å². The van der Waals surface area contributed by atoms with Crippen molar-refractivity contribution in [1.82, 2.24) is 19.6 Å². The van der Waals surface area contributed by atoms with Gasteiger partial charge in [-0.05, 0) is 37.6 Å². The van der Waals surface area contributed by atoms with E-state index in [4.69, 9.17) is 4.74 Å². The molecule has 0 fully saturated rings. The van der Waals surface area contributed by atoms with Crippen LogP contribution in [0.25, 0.3) is 16.4 Å². The first-order valence-corrected chi connectivity index (χ1v) is 7.00. The van der Waals surface area contributed by atoms with E-state index in [1.54, 1.807) is 19.1 Å². The molecule has 0 radical (unpaired) electrons. The van der Waals surface area contributed by atoms with Gasteiger partial charge >= 0.3 is 29.6 Å². The third kappa shape index (κ3) is 2.54. The number of H-pyrrole nitrogens is 1. The van der Waals surface area contributed by atoms with Crippen LogP contribution in [0.1, 0.15) is 11.3 Å².